The van der Waals surface area contributed by atoms with Crippen LogP contribution in [0.3, 0.4) is 0 Å². The van der Waals surface area contributed by atoms with Gasteiger partial charge in [0.25, 0.3) is 5.91 Å². The van der Waals surface area contributed by atoms with E-state index in [9.17, 15) is 9.59 Å². The van der Waals surface area contributed by atoms with E-state index in [1.165, 1.54) is 5.56 Å². The first-order chi connectivity index (χ1) is 13.1. The van der Waals surface area contributed by atoms with Crippen molar-refractivity contribution in [3.63, 3.8) is 0 Å². The molecule has 138 valence electrons. The van der Waals surface area contributed by atoms with Crippen molar-refractivity contribution in [2.24, 2.45) is 5.92 Å². The van der Waals surface area contributed by atoms with Crippen LogP contribution < -0.4 is 10.1 Å². The predicted molar refractivity (Wildman–Crippen MR) is 103 cm³/mol. The molecular formula is C22H22N2O3. The minimum absolute atomic E-state index is 0.0644. The third-order valence-corrected chi connectivity index (χ3v) is 5.15. The summed E-state index contributed by atoms with van der Waals surface area (Å²) in [6.45, 7) is 5.52. The van der Waals surface area contributed by atoms with Crippen LogP contribution in [0.25, 0.3) is 5.70 Å². The lowest BCUT2D eigenvalue weighted by Gasteiger charge is -2.25. The number of ether oxygens (including phenoxy) is 1. The molecule has 0 bridgehead atoms. The summed E-state index contributed by atoms with van der Waals surface area (Å²) in [5.74, 6) is 1.05. The topological polar surface area (TPSA) is 58.6 Å². The van der Waals surface area contributed by atoms with Crippen LogP contribution >= 0.6 is 0 Å². The number of carbonyl (C=O) groups excluding carboxylic acids is 2. The van der Waals surface area contributed by atoms with E-state index in [1.54, 1.807) is 11.0 Å². The average molecular weight is 362 g/mol. The fourth-order valence-corrected chi connectivity index (χ4v) is 3.65. The molecule has 1 N–H and O–H groups in total. The predicted octanol–water partition coefficient (Wildman–Crippen LogP) is 2.87. The number of benzene rings is 2. The minimum Gasteiger partial charge on any atom is -0.493 e. The Morgan fingerprint density at radius 1 is 1.15 bits per heavy atom. The Morgan fingerprint density at radius 3 is 2.70 bits per heavy atom. The molecule has 0 fully saturated rings. The third kappa shape index (κ3) is 3.45. The van der Waals surface area contributed by atoms with Crippen molar-refractivity contribution >= 4 is 17.5 Å². The number of nitrogens with zero attached hydrogens (tertiary/aromatic N) is 1. The van der Waals surface area contributed by atoms with Gasteiger partial charge in [0.15, 0.2) is 0 Å². The molecule has 27 heavy (non-hydrogen) atoms. The van der Waals surface area contributed by atoms with E-state index >= 15 is 0 Å². The Bertz CT molecular complexity index is 871. The fraction of sp³-hybridized carbons (Fsp3) is 0.273. The Kier molecular flexibility index (Phi) is 4.67. The summed E-state index contributed by atoms with van der Waals surface area (Å²) >= 11 is 0. The molecule has 0 saturated heterocycles. The molecule has 2 heterocycles. The van der Waals surface area contributed by atoms with Crippen LogP contribution in [0.15, 0.2) is 55.1 Å². The number of fused-ring (bicyclic) bond motifs is 2. The van der Waals surface area contributed by atoms with E-state index < -0.39 is 0 Å². The van der Waals surface area contributed by atoms with Crippen LogP contribution in [-0.4, -0.2) is 36.4 Å². The summed E-state index contributed by atoms with van der Waals surface area (Å²) in [6, 6.07) is 15.4. The molecule has 0 aromatic heterocycles. The molecule has 0 aliphatic carbocycles. The van der Waals surface area contributed by atoms with Crippen molar-refractivity contribution in [1.82, 2.24) is 10.2 Å². The summed E-state index contributed by atoms with van der Waals surface area (Å²) in [5.41, 5.74) is 3.35. The zero-order valence-corrected chi connectivity index (χ0v) is 15.1. The lowest BCUT2D eigenvalue weighted by atomic mass is 9.97. The largest absolute Gasteiger partial charge is 0.493 e. The SMILES string of the molecule is C=C1c2ccccc2C(=O)N1CCC(=O)NCC1COc2ccccc2C1. The third-order valence-electron chi connectivity index (χ3n) is 5.15. The average Bonchev–Trinajstić information content (AvgIpc) is 2.95. The van der Waals surface area contributed by atoms with Crippen LogP contribution in [0.2, 0.25) is 0 Å². The van der Waals surface area contributed by atoms with Crippen molar-refractivity contribution in [3.05, 3.63) is 71.8 Å². The molecule has 1 atom stereocenters. The van der Waals surface area contributed by atoms with Gasteiger partial charge in [0.05, 0.1) is 6.61 Å². The number of hydrogen-bond donors (Lipinski definition) is 1. The maximum atomic E-state index is 12.5. The van der Waals surface area contributed by atoms with Crippen molar-refractivity contribution < 1.29 is 14.3 Å². The molecule has 2 amide bonds. The van der Waals surface area contributed by atoms with Gasteiger partial charge in [-0.15, -0.1) is 0 Å². The Labute approximate surface area is 158 Å². The number of hydrogen-bond acceptors (Lipinski definition) is 3. The maximum absolute atomic E-state index is 12.5. The van der Waals surface area contributed by atoms with E-state index in [0.717, 1.165) is 17.7 Å². The standard InChI is InChI=1S/C22H22N2O3/c1-15-18-7-3-4-8-19(18)22(26)24(15)11-10-21(25)23-13-16-12-17-6-2-5-9-20(17)27-14-16/h2-9,16H,1,10-14H2,(H,23,25). The van der Waals surface area contributed by atoms with E-state index in [4.69, 9.17) is 4.74 Å². The van der Waals surface area contributed by atoms with Crippen LogP contribution in [-0.2, 0) is 11.2 Å². The lowest BCUT2D eigenvalue weighted by Crippen LogP contribution is -2.36. The number of amides is 2. The molecule has 0 spiro atoms. The monoisotopic (exact) mass is 362 g/mol. The molecule has 2 aromatic rings. The zero-order valence-electron chi connectivity index (χ0n) is 15.1. The van der Waals surface area contributed by atoms with Gasteiger partial charge in [-0.25, -0.2) is 0 Å². The first kappa shape index (κ1) is 17.3. The lowest BCUT2D eigenvalue weighted by molar-refractivity contribution is -0.121. The highest BCUT2D eigenvalue weighted by Gasteiger charge is 2.30. The molecule has 4 rings (SSSR count). The van der Waals surface area contributed by atoms with Crippen LogP contribution in [0, 0.1) is 5.92 Å². The first-order valence-electron chi connectivity index (χ1n) is 9.21. The molecule has 5 nitrogen and oxygen atoms in total. The van der Waals surface area contributed by atoms with Gasteiger partial charge < -0.3 is 15.0 Å². The molecule has 2 aliphatic rings. The number of carbonyl (C=O) groups is 2. The number of rotatable bonds is 5. The van der Waals surface area contributed by atoms with Gasteiger partial charge in [0.2, 0.25) is 5.91 Å². The van der Waals surface area contributed by atoms with Crippen molar-refractivity contribution in [1.29, 1.82) is 0 Å². The number of nitrogens with one attached hydrogen (secondary N) is 1. The first-order valence-corrected chi connectivity index (χ1v) is 9.21. The van der Waals surface area contributed by atoms with Crippen molar-refractivity contribution in [3.8, 4) is 5.75 Å². The smallest absolute Gasteiger partial charge is 0.258 e. The molecule has 2 aromatic carbocycles. The summed E-state index contributed by atoms with van der Waals surface area (Å²) < 4.78 is 5.76. The molecule has 2 aliphatic heterocycles. The highest BCUT2D eigenvalue weighted by Crippen LogP contribution is 2.31. The van der Waals surface area contributed by atoms with Crippen LogP contribution in [0.1, 0.15) is 27.9 Å². The molecular weight excluding hydrogens is 340 g/mol. The summed E-state index contributed by atoms with van der Waals surface area (Å²) in [5, 5.41) is 2.97. The summed E-state index contributed by atoms with van der Waals surface area (Å²) in [4.78, 5) is 26.3. The van der Waals surface area contributed by atoms with Gasteiger partial charge >= 0.3 is 0 Å². The van der Waals surface area contributed by atoms with Gasteiger partial charge in [0, 0.05) is 42.3 Å². The Balaban J connectivity index is 1.26. The molecule has 1 unspecified atom stereocenters. The summed E-state index contributed by atoms with van der Waals surface area (Å²) in [6.07, 6.45) is 1.15. The van der Waals surface area contributed by atoms with Gasteiger partial charge in [-0.3, -0.25) is 9.59 Å². The second-order valence-electron chi connectivity index (χ2n) is 6.99. The van der Waals surface area contributed by atoms with Crippen LogP contribution in [0.5, 0.6) is 5.75 Å². The van der Waals surface area contributed by atoms with E-state index in [1.807, 2.05) is 36.4 Å². The highest BCUT2D eigenvalue weighted by atomic mass is 16.5. The van der Waals surface area contributed by atoms with Gasteiger partial charge in [-0.2, -0.15) is 0 Å². The molecule has 0 saturated carbocycles. The van der Waals surface area contributed by atoms with E-state index in [0.29, 0.717) is 31.0 Å². The zero-order chi connectivity index (χ0) is 18.8. The van der Waals surface area contributed by atoms with Gasteiger partial charge in [-0.1, -0.05) is 43.0 Å². The van der Waals surface area contributed by atoms with Crippen molar-refractivity contribution in [2.45, 2.75) is 12.8 Å². The van der Waals surface area contributed by atoms with Crippen molar-refractivity contribution in [2.75, 3.05) is 19.7 Å². The van der Waals surface area contributed by atoms with Crippen LogP contribution in [0.4, 0.5) is 0 Å². The second-order valence-corrected chi connectivity index (χ2v) is 6.99. The minimum atomic E-state index is -0.0827. The highest BCUT2D eigenvalue weighted by molar-refractivity contribution is 6.08. The second kappa shape index (κ2) is 7.27. The quantitative estimate of drug-likeness (QED) is 0.890. The molecule has 0 radical (unpaired) electrons. The molecule has 5 heteroatoms. The number of para-hydroxylation sites is 1. The van der Waals surface area contributed by atoms with Gasteiger partial charge in [-0.05, 0) is 24.1 Å². The maximum Gasteiger partial charge on any atom is 0.258 e. The van der Waals surface area contributed by atoms with Gasteiger partial charge in [0.1, 0.15) is 5.75 Å². The van der Waals surface area contributed by atoms with E-state index in [-0.39, 0.29) is 24.2 Å². The summed E-state index contributed by atoms with van der Waals surface area (Å²) in [7, 11) is 0. The normalized spacial score (nSPS) is 17.9. The Morgan fingerprint density at radius 2 is 1.89 bits per heavy atom. The Hall–Kier alpha value is -3.08. The van der Waals surface area contributed by atoms with E-state index in [2.05, 4.69) is 18.0 Å². The fourth-order valence-electron chi connectivity index (χ4n) is 3.65.